The number of nitrogens with zero attached hydrogens (tertiary/aromatic N) is 2. The SMILES string of the molecule is COC[C@H](C)Nc1cccc(-c2ncn[nH]2)c1. The van der Waals surface area contributed by atoms with E-state index >= 15 is 0 Å². The Bertz CT molecular complexity index is 455. The number of hydrogen-bond acceptors (Lipinski definition) is 4. The van der Waals surface area contributed by atoms with Crippen molar-refractivity contribution in [1.82, 2.24) is 15.2 Å². The van der Waals surface area contributed by atoms with Gasteiger partial charge in [0.05, 0.1) is 6.61 Å². The number of ether oxygens (including phenoxy) is 1. The minimum absolute atomic E-state index is 0.268. The molecule has 0 amide bonds. The highest BCUT2D eigenvalue weighted by Crippen LogP contribution is 2.19. The number of rotatable bonds is 5. The molecule has 0 aliphatic heterocycles. The molecule has 0 spiro atoms. The smallest absolute Gasteiger partial charge is 0.155 e. The number of methoxy groups -OCH3 is 1. The van der Waals surface area contributed by atoms with Gasteiger partial charge in [0.15, 0.2) is 5.82 Å². The van der Waals surface area contributed by atoms with Gasteiger partial charge in [0.2, 0.25) is 0 Å². The van der Waals surface area contributed by atoms with Gasteiger partial charge in [0, 0.05) is 24.4 Å². The number of anilines is 1. The first-order valence-electron chi connectivity index (χ1n) is 5.51. The van der Waals surface area contributed by atoms with E-state index in [9.17, 15) is 0 Å². The highest BCUT2D eigenvalue weighted by Gasteiger charge is 2.04. The largest absolute Gasteiger partial charge is 0.383 e. The van der Waals surface area contributed by atoms with Crippen molar-refractivity contribution in [3.05, 3.63) is 30.6 Å². The van der Waals surface area contributed by atoms with Gasteiger partial charge in [0.25, 0.3) is 0 Å². The van der Waals surface area contributed by atoms with E-state index in [4.69, 9.17) is 4.74 Å². The summed E-state index contributed by atoms with van der Waals surface area (Å²) in [6.45, 7) is 2.75. The third-order valence-electron chi connectivity index (χ3n) is 2.38. The lowest BCUT2D eigenvalue weighted by Crippen LogP contribution is -2.20. The Kier molecular flexibility index (Phi) is 3.72. The predicted molar refractivity (Wildman–Crippen MR) is 66.8 cm³/mol. The number of aromatic nitrogens is 3. The lowest BCUT2D eigenvalue weighted by Gasteiger charge is -2.14. The molecule has 1 heterocycles. The highest BCUT2D eigenvalue weighted by molar-refractivity contribution is 5.62. The van der Waals surface area contributed by atoms with Crippen LogP contribution in [0.1, 0.15) is 6.92 Å². The average molecular weight is 232 g/mol. The van der Waals surface area contributed by atoms with Crippen LogP contribution in [0.4, 0.5) is 5.69 Å². The summed E-state index contributed by atoms with van der Waals surface area (Å²) in [5, 5.41) is 10.0. The van der Waals surface area contributed by atoms with Crippen molar-refractivity contribution in [2.75, 3.05) is 19.0 Å². The van der Waals surface area contributed by atoms with Gasteiger partial charge < -0.3 is 10.1 Å². The molecule has 2 aromatic rings. The van der Waals surface area contributed by atoms with Crippen LogP contribution in [0.25, 0.3) is 11.4 Å². The molecule has 0 unspecified atom stereocenters. The number of hydrogen-bond donors (Lipinski definition) is 2. The van der Waals surface area contributed by atoms with E-state index in [1.165, 1.54) is 6.33 Å². The highest BCUT2D eigenvalue weighted by atomic mass is 16.5. The standard InChI is InChI=1S/C12H16N4O/c1-9(7-17-2)15-11-5-3-4-10(6-11)12-13-8-14-16-12/h3-6,8-9,15H,7H2,1-2H3,(H,13,14,16)/t9-/m0/s1. The van der Waals surface area contributed by atoms with Gasteiger partial charge in [-0.25, -0.2) is 4.98 Å². The van der Waals surface area contributed by atoms with Crippen LogP contribution < -0.4 is 5.32 Å². The maximum Gasteiger partial charge on any atom is 0.155 e. The van der Waals surface area contributed by atoms with Crippen LogP contribution in [-0.2, 0) is 4.74 Å². The molecule has 1 atom stereocenters. The van der Waals surface area contributed by atoms with E-state index in [2.05, 4.69) is 27.4 Å². The Morgan fingerprint density at radius 1 is 1.47 bits per heavy atom. The zero-order valence-electron chi connectivity index (χ0n) is 9.97. The molecule has 0 radical (unpaired) electrons. The van der Waals surface area contributed by atoms with Gasteiger partial charge in [-0.1, -0.05) is 12.1 Å². The molecule has 0 fully saturated rings. The summed E-state index contributed by atoms with van der Waals surface area (Å²) >= 11 is 0. The quantitative estimate of drug-likeness (QED) is 0.826. The Hall–Kier alpha value is -1.88. The molecule has 0 aliphatic rings. The molecule has 5 nitrogen and oxygen atoms in total. The number of aromatic amines is 1. The molecule has 0 bridgehead atoms. The minimum atomic E-state index is 0.268. The van der Waals surface area contributed by atoms with Crippen LogP contribution >= 0.6 is 0 Å². The van der Waals surface area contributed by atoms with Gasteiger partial charge in [-0.15, -0.1) is 0 Å². The second-order valence-corrected chi connectivity index (χ2v) is 3.92. The zero-order valence-corrected chi connectivity index (χ0v) is 9.97. The fourth-order valence-corrected chi connectivity index (χ4v) is 1.68. The summed E-state index contributed by atoms with van der Waals surface area (Å²) in [4.78, 5) is 4.12. The van der Waals surface area contributed by atoms with E-state index in [1.54, 1.807) is 7.11 Å². The third-order valence-corrected chi connectivity index (χ3v) is 2.38. The molecular formula is C12H16N4O. The number of H-pyrrole nitrogens is 1. The van der Waals surface area contributed by atoms with E-state index < -0.39 is 0 Å². The van der Waals surface area contributed by atoms with E-state index in [0.29, 0.717) is 6.61 Å². The normalized spacial score (nSPS) is 12.4. The first-order chi connectivity index (χ1) is 8.29. The first kappa shape index (κ1) is 11.6. The van der Waals surface area contributed by atoms with Crippen molar-refractivity contribution in [1.29, 1.82) is 0 Å². The van der Waals surface area contributed by atoms with Crippen molar-refractivity contribution in [3.63, 3.8) is 0 Å². The summed E-state index contributed by atoms with van der Waals surface area (Å²) in [6.07, 6.45) is 1.50. The van der Waals surface area contributed by atoms with Crippen LogP contribution in [0.2, 0.25) is 0 Å². The monoisotopic (exact) mass is 232 g/mol. The maximum atomic E-state index is 5.09. The van der Waals surface area contributed by atoms with Crippen molar-refractivity contribution < 1.29 is 4.74 Å². The zero-order chi connectivity index (χ0) is 12.1. The molecule has 1 aromatic heterocycles. The van der Waals surface area contributed by atoms with E-state index in [0.717, 1.165) is 17.1 Å². The van der Waals surface area contributed by atoms with Gasteiger partial charge in [-0.2, -0.15) is 5.10 Å². The molecule has 90 valence electrons. The van der Waals surface area contributed by atoms with Crippen LogP contribution in [0, 0.1) is 0 Å². The van der Waals surface area contributed by atoms with Crippen molar-refractivity contribution in [2.45, 2.75) is 13.0 Å². The van der Waals surface area contributed by atoms with Crippen molar-refractivity contribution >= 4 is 5.69 Å². The molecule has 17 heavy (non-hydrogen) atoms. The Morgan fingerprint density at radius 2 is 2.35 bits per heavy atom. The third kappa shape index (κ3) is 3.04. The Morgan fingerprint density at radius 3 is 3.06 bits per heavy atom. The molecule has 1 aromatic carbocycles. The minimum Gasteiger partial charge on any atom is -0.383 e. The topological polar surface area (TPSA) is 62.8 Å². The molecule has 0 saturated heterocycles. The number of nitrogens with one attached hydrogen (secondary N) is 2. The fraction of sp³-hybridized carbons (Fsp3) is 0.333. The lowest BCUT2D eigenvalue weighted by molar-refractivity contribution is 0.190. The second kappa shape index (κ2) is 5.45. The molecule has 2 N–H and O–H groups in total. The average Bonchev–Trinajstić information content (AvgIpc) is 2.83. The van der Waals surface area contributed by atoms with Crippen molar-refractivity contribution in [2.24, 2.45) is 0 Å². The van der Waals surface area contributed by atoms with Crippen LogP contribution in [0.3, 0.4) is 0 Å². The summed E-state index contributed by atoms with van der Waals surface area (Å²) in [5.74, 6) is 0.771. The van der Waals surface area contributed by atoms with Crippen molar-refractivity contribution in [3.8, 4) is 11.4 Å². The summed E-state index contributed by atoms with van der Waals surface area (Å²) in [6, 6.07) is 8.30. The molecule has 5 heteroatoms. The van der Waals surface area contributed by atoms with Gasteiger partial charge in [-0.05, 0) is 19.1 Å². The van der Waals surface area contributed by atoms with E-state index in [1.807, 2.05) is 24.3 Å². The fourth-order valence-electron chi connectivity index (χ4n) is 1.68. The van der Waals surface area contributed by atoms with Gasteiger partial charge in [-0.3, -0.25) is 5.10 Å². The lowest BCUT2D eigenvalue weighted by atomic mass is 10.2. The molecular weight excluding hydrogens is 216 g/mol. The van der Waals surface area contributed by atoms with Crippen LogP contribution in [-0.4, -0.2) is 34.9 Å². The Balaban J connectivity index is 2.12. The summed E-state index contributed by atoms with van der Waals surface area (Å²) in [7, 11) is 1.70. The first-order valence-corrected chi connectivity index (χ1v) is 5.51. The van der Waals surface area contributed by atoms with Crippen LogP contribution in [0.5, 0.6) is 0 Å². The summed E-state index contributed by atoms with van der Waals surface area (Å²) < 4.78 is 5.09. The van der Waals surface area contributed by atoms with Crippen LogP contribution in [0.15, 0.2) is 30.6 Å². The second-order valence-electron chi connectivity index (χ2n) is 3.92. The van der Waals surface area contributed by atoms with Gasteiger partial charge in [0.1, 0.15) is 6.33 Å². The van der Waals surface area contributed by atoms with E-state index in [-0.39, 0.29) is 6.04 Å². The molecule has 0 aliphatic carbocycles. The Labute approximate surface area is 100 Å². The van der Waals surface area contributed by atoms with Gasteiger partial charge >= 0.3 is 0 Å². The molecule has 0 saturated carbocycles. The maximum absolute atomic E-state index is 5.09. The number of benzene rings is 1. The molecule has 2 rings (SSSR count). The predicted octanol–water partition coefficient (Wildman–Crippen LogP) is 1.92. The summed E-state index contributed by atoms with van der Waals surface area (Å²) in [5.41, 5.74) is 2.06.